The number of nitrogens with zero attached hydrogens (tertiary/aromatic N) is 5. The molecule has 3 aromatic carbocycles. The van der Waals surface area contributed by atoms with Crippen molar-refractivity contribution in [3.8, 4) is 27.9 Å². The van der Waals surface area contributed by atoms with Crippen LogP contribution >= 0.6 is 11.6 Å². The Bertz CT molecular complexity index is 1760. The lowest BCUT2D eigenvalue weighted by molar-refractivity contribution is -0.614. The molecule has 2 bridgehead atoms. The van der Waals surface area contributed by atoms with Crippen LogP contribution in [0.1, 0.15) is 54.0 Å². The molecule has 2 unspecified atom stereocenters. The zero-order valence-corrected chi connectivity index (χ0v) is 23.9. The van der Waals surface area contributed by atoms with Gasteiger partial charge in [0, 0.05) is 22.2 Å². The zero-order chi connectivity index (χ0) is 29.2. The first-order valence-electron chi connectivity index (χ1n) is 14.1. The van der Waals surface area contributed by atoms with Gasteiger partial charge in [0.1, 0.15) is 6.33 Å². The molecular formula is C33H30ClN5O3. The summed E-state index contributed by atoms with van der Waals surface area (Å²) in [5.74, 6) is -1.38. The molecule has 8 nitrogen and oxygen atoms in total. The molecule has 42 heavy (non-hydrogen) atoms. The highest BCUT2D eigenvalue weighted by Gasteiger charge is 2.26. The van der Waals surface area contributed by atoms with Crippen molar-refractivity contribution in [1.82, 2.24) is 20.2 Å². The number of carbonyl (C=O) groups is 1. The van der Waals surface area contributed by atoms with E-state index in [4.69, 9.17) is 11.6 Å². The number of halogens is 1. The maximum Gasteiger partial charge on any atom is 0.306 e. The molecule has 1 aliphatic carbocycles. The smallest absolute Gasteiger partial charge is 0.306 e. The summed E-state index contributed by atoms with van der Waals surface area (Å²) in [5.41, 5.74) is 8.05. The second-order valence-electron chi connectivity index (χ2n) is 10.9. The third kappa shape index (κ3) is 5.63. The molecule has 6 rings (SSSR count). The Balaban J connectivity index is 1.42. The van der Waals surface area contributed by atoms with Gasteiger partial charge in [-0.2, -0.15) is 9.41 Å². The van der Waals surface area contributed by atoms with Crippen LogP contribution in [-0.4, -0.2) is 31.3 Å². The molecule has 2 aromatic heterocycles. The number of carboxylic acids is 1. The molecule has 0 saturated carbocycles. The van der Waals surface area contributed by atoms with E-state index in [1.54, 1.807) is 18.3 Å². The van der Waals surface area contributed by atoms with Gasteiger partial charge in [-0.15, -0.1) is 5.10 Å². The number of aliphatic carboxylic acids is 1. The van der Waals surface area contributed by atoms with Crippen molar-refractivity contribution < 1.29 is 14.6 Å². The number of aryl methyl sites for hydroxylation is 1. The van der Waals surface area contributed by atoms with E-state index in [-0.39, 0.29) is 5.92 Å². The van der Waals surface area contributed by atoms with Crippen LogP contribution in [0, 0.1) is 18.0 Å². The van der Waals surface area contributed by atoms with E-state index >= 15 is 0 Å². The zero-order valence-electron chi connectivity index (χ0n) is 23.2. The second kappa shape index (κ2) is 11.7. The average molecular weight is 580 g/mol. The first kappa shape index (κ1) is 27.6. The van der Waals surface area contributed by atoms with Crippen LogP contribution in [-0.2, 0) is 11.2 Å². The van der Waals surface area contributed by atoms with Crippen LogP contribution in [0.15, 0.2) is 85.3 Å². The summed E-state index contributed by atoms with van der Waals surface area (Å²) in [6.45, 7) is 2.05. The normalized spacial score (nSPS) is 17.1. The summed E-state index contributed by atoms with van der Waals surface area (Å²) in [6.07, 6.45) is 6.46. The molecule has 0 amide bonds. The molecule has 0 saturated heterocycles. The molecule has 2 heterocycles. The fourth-order valence-electron chi connectivity index (χ4n) is 6.00. The number of tetrazole rings is 1. The van der Waals surface area contributed by atoms with Crippen molar-refractivity contribution >= 4 is 17.6 Å². The second-order valence-corrected chi connectivity index (χ2v) is 11.4. The van der Waals surface area contributed by atoms with Gasteiger partial charge >= 0.3 is 5.97 Å². The van der Waals surface area contributed by atoms with Gasteiger partial charge in [0.05, 0.1) is 17.5 Å². The molecule has 0 fully saturated rings. The van der Waals surface area contributed by atoms with Crippen molar-refractivity contribution in [2.45, 2.75) is 44.9 Å². The molecule has 5 aromatic rings. The Hall–Kier alpha value is -4.56. The van der Waals surface area contributed by atoms with Crippen molar-refractivity contribution in [3.63, 3.8) is 0 Å². The van der Waals surface area contributed by atoms with Gasteiger partial charge in [-0.25, -0.2) is 0 Å². The first-order valence-corrected chi connectivity index (χ1v) is 14.4. The number of pyridine rings is 1. The summed E-state index contributed by atoms with van der Waals surface area (Å²) < 4.78 is 2.48. The molecular weight excluding hydrogens is 550 g/mol. The Kier molecular flexibility index (Phi) is 7.71. The summed E-state index contributed by atoms with van der Waals surface area (Å²) in [4.78, 5) is 12.2. The van der Waals surface area contributed by atoms with Crippen LogP contribution in [0.2, 0.25) is 5.02 Å². The van der Waals surface area contributed by atoms with Gasteiger partial charge in [-0.3, -0.25) is 4.79 Å². The number of aromatic nitrogens is 5. The van der Waals surface area contributed by atoms with Crippen LogP contribution in [0.5, 0.6) is 0 Å². The monoisotopic (exact) mass is 579 g/mol. The Morgan fingerprint density at radius 3 is 2.64 bits per heavy atom. The van der Waals surface area contributed by atoms with Crippen LogP contribution < -0.4 is 4.73 Å². The quantitative estimate of drug-likeness (QED) is 0.191. The van der Waals surface area contributed by atoms with Crippen molar-refractivity contribution in [2.75, 3.05) is 0 Å². The largest absolute Gasteiger partial charge is 0.618 e. The molecule has 2 atom stereocenters. The van der Waals surface area contributed by atoms with Crippen LogP contribution in [0.25, 0.3) is 27.9 Å². The lowest BCUT2D eigenvalue weighted by Gasteiger charge is -2.22. The van der Waals surface area contributed by atoms with E-state index in [0.29, 0.717) is 34.8 Å². The highest BCUT2D eigenvalue weighted by Crippen LogP contribution is 2.36. The fraction of sp³-hybridized carbons (Fsp3) is 0.242. The van der Waals surface area contributed by atoms with Crippen molar-refractivity contribution in [2.24, 2.45) is 5.92 Å². The first-order chi connectivity index (χ1) is 20.4. The Morgan fingerprint density at radius 2 is 1.86 bits per heavy atom. The minimum absolute atomic E-state index is 0.161. The number of carboxylic acid groups (broad SMARTS) is 1. The maximum absolute atomic E-state index is 13.7. The fourth-order valence-corrected chi connectivity index (χ4v) is 6.17. The van der Waals surface area contributed by atoms with E-state index in [1.165, 1.54) is 11.0 Å². The van der Waals surface area contributed by atoms with Crippen molar-refractivity contribution in [1.29, 1.82) is 0 Å². The highest BCUT2D eigenvalue weighted by atomic mass is 35.5. The van der Waals surface area contributed by atoms with Crippen LogP contribution in [0.3, 0.4) is 0 Å². The lowest BCUT2D eigenvalue weighted by Crippen LogP contribution is -2.33. The Labute approximate surface area is 248 Å². The third-order valence-corrected chi connectivity index (χ3v) is 8.38. The average Bonchev–Trinajstić information content (AvgIpc) is 3.52. The summed E-state index contributed by atoms with van der Waals surface area (Å²) in [5, 5.41) is 35.7. The van der Waals surface area contributed by atoms with Gasteiger partial charge in [-0.1, -0.05) is 72.5 Å². The maximum atomic E-state index is 13.7. The number of rotatable bonds is 4. The number of benzene rings is 3. The summed E-state index contributed by atoms with van der Waals surface area (Å²) in [6, 6.07) is 23.7. The predicted octanol–water partition coefficient (Wildman–Crippen LogP) is 6.54. The highest BCUT2D eigenvalue weighted by molar-refractivity contribution is 6.31. The molecule has 1 aliphatic rings. The third-order valence-electron chi connectivity index (χ3n) is 8.14. The predicted molar refractivity (Wildman–Crippen MR) is 160 cm³/mol. The van der Waals surface area contributed by atoms with E-state index < -0.39 is 11.9 Å². The molecule has 1 N–H and O–H groups in total. The van der Waals surface area contributed by atoms with Crippen molar-refractivity contribution in [3.05, 3.63) is 118 Å². The molecule has 0 spiro atoms. The van der Waals surface area contributed by atoms with E-state index in [0.717, 1.165) is 57.4 Å². The van der Waals surface area contributed by atoms with E-state index in [2.05, 4.69) is 45.9 Å². The van der Waals surface area contributed by atoms with Gasteiger partial charge in [0.25, 0.3) is 0 Å². The van der Waals surface area contributed by atoms with E-state index in [9.17, 15) is 15.1 Å². The van der Waals surface area contributed by atoms with E-state index in [1.807, 2.05) is 37.3 Å². The molecule has 212 valence electrons. The molecule has 0 aliphatic heterocycles. The van der Waals surface area contributed by atoms with Gasteiger partial charge in [-0.05, 0) is 83.1 Å². The SMILES string of the molecule is Cc1ccc2c(c1)-c1cccc(c1)C(c1ccc(-c3cc(Cl)ccc3-n3cnnn3)c[n+]1[O-])CCCCC(C(=O)O)C2. The number of hydrogen-bond donors (Lipinski definition) is 1. The van der Waals surface area contributed by atoms with Crippen LogP contribution in [0.4, 0.5) is 0 Å². The van der Waals surface area contributed by atoms with Gasteiger partial charge in [0.2, 0.25) is 0 Å². The minimum atomic E-state index is -0.765. The molecule has 0 radical (unpaired) electrons. The topological polar surface area (TPSA) is 108 Å². The summed E-state index contributed by atoms with van der Waals surface area (Å²) in [7, 11) is 0. The Morgan fingerprint density at radius 1 is 1.00 bits per heavy atom. The number of fused-ring (bicyclic) bond motifs is 4. The van der Waals surface area contributed by atoms with Gasteiger partial charge < -0.3 is 10.3 Å². The minimum Gasteiger partial charge on any atom is -0.618 e. The summed E-state index contributed by atoms with van der Waals surface area (Å²) >= 11 is 6.34. The lowest BCUT2D eigenvalue weighted by atomic mass is 9.83. The number of hydrogen-bond acceptors (Lipinski definition) is 5. The van der Waals surface area contributed by atoms with Gasteiger partial charge in [0.15, 0.2) is 11.9 Å². The molecule has 9 heteroatoms. The standard InChI is InChI=1S/C33H30ClN5O3/c1-21-9-10-24-17-25(33(40)41)5-2-3-8-28(22-6-4-7-23(16-22)29(24)15-21)32-13-11-26(19-39(32)42)30-18-27(34)12-14-31(30)38-20-35-36-37-38/h4,6-7,9-16,18-20,25,28H,2-3,5,8,17H2,1H3,(H,40,41).